The van der Waals surface area contributed by atoms with E-state index in [1.807, 2.05) is 25.1 Å². The van der Waals surface area contributed by atoms with Gasteiger partial charge in [0.05, 0.1) is 5.69 Å². The molecule has 0 saturated carbocycles. The summed E-state index contributed by atoms with van der Waals surface area (Å²) in [5, 5.41) is 0. The molecule has 0 bridgehead atoms. The second kappa shape index (κ2) is 6.92. The van der Waals surface area contributed by atoms with Gasteiger partial charge in [-0.2, -0.15) is 0 Å². The first kappa shape index (κ1) is 16.8. The van der Waals surface area contributed by atoms with Crippen LogP contribution in [0.25, 0.3) is 5.65 Å². The Kier molecular flexibility index (Phi) is 4.47. The van der Waals surface area contributed by atoms with Gasteiger partial charge < -0.3 is 4.90 Å². The number of aryl methyl sites for hydroxylation is 2. The first-order valence-electron chi connectivity index (χ1n) is 9.13. The molecule has 0 atom stereocenters. The van der Waals surface area contributed by atoms with E-state index in [1.54, 1.807) is 10.5 Å². The molecule has 0 radical (unpaired) electrons. The number of benzene rings is 1. The maximum absolute atomic E-state index is 12.4. The molecule has 5 nitrogen and oxygen atoms in total. The predicted molar refractivity (Wildman–Crippen MR) is 105 cm³/mol. The van der Waals surface area contributed by atoms with Crippen molar-refractivity contribution in [2.24, 2.45) is 0 Å². The maximum atomic E-state index is 12.4. The lowest BCUT2D eigenvalue weighted by Crippen LogP contribution is -2.46. The van der Waals surface area contributed by atoms with Crippen LogP contribution in [0.15, 0.2) is 53.3 Å². The van der Waals surface area contributed by atoms with Gasteiger partial charge in [0.2, 0.25) is 0 Å². The van der Waals surface area contributed by atoms with Gasteiger partial charge in [-0.25, -0.2) is 4.98 Å². The number of fused-ring (bicyclic) bond motifs is 1. The molecule has 1 aromatic carbocycles. The molecule has 26 heavy (non-hydrogen) atoms. The van der Waals surface area contributed by atoms with E-state index in [0.29, 0.717) is 0 Å². The van der Waals surface area contributed by atoms with Crippen molar-refractivity contribution in [3.05, 3.63) is 75.8 Å². The zero-order valence-corrected chi connectivity index (χ0v) is 15.4. The second-order valence-corrected chi connectivity index (χ2v) is 7.00. The Hall–Kier alpha value is -2.66. The van der Waals surface area contributed by atoms with Crippen molar-refractivity contribution in [1.82, 2.24) is 14.3 Å². The van der Waals surface area contributed by atoms with E-state index in [9.17, 15) is 4.79 Å². The summed E-state index contributed by atoms with van der Waals surface area (Å²) in [5.74, 6) is 0. The van der Waals surface area contributed by atoms with Gasteiger partial charge in [-0.15, -0.1) is 0 Å². The summed E-state index contributed by atoms with van der Waals surface area (Å²) in [5.41, 5.74) is 5.14. The summed E-state index contributed by atoms with van der Waals surface area (Å²) in [4.78, 5) is 21.9. The molecule has 0 unspecified atom stereocenters. The zero-order valence-electron chi connectivity index (χ0n) is 15.4. The number of anilines is 1. The Morgan fingerprint density at radius 3 is 2.50 bits per heavy atom. The standard InChI is InChI=1S/C21H24N4O/c1-16-6-3-4-8-19(16)24-12-10-23(11-13-24)15-18-14-21(26)25-17(2)7-5-9-20(25)22-18/h3-9,14H,10-13,15H2,1-2H3. The van der Waals surface area contributed by atoms with Gasteiger partial charge in [-0.1, -0.05) is 24.3 Å². The van der Waals surface area contributed by atoms with Gasteiger partial charge >= 0.3 is 0 Å². The summed E-state index contributed by atoms with van der Waals surface area (Å²) in [6, 6.07) is 16.0. The Labute approximate surface area is 153 Å². The summed E-state index contributed by atoms with van der Waals surface area (Å²) in [6.07, 6.45) is 0. The van der Waals surface area contributed by atoms with Crippen molar-refractivity contribution in [1.29, 1.82) is 0 Å². The van der Waals surface area contributed by atoms with E-state index >= 15 is 0 Å². The fourth-order valence-corrected chi connectivity index (χ4v) is 3.74. The van der Waals surface area contributed by atoms with E-state index < -0.39 is 0 Å². The van der Waals surface area contributed by atoms with Crippen LogP contribution in [0, 0.1) is 13.8 Å². The molecule has 0 aliphatic carbocycles. The normalized spacial score (nSPS) is 15.5. The smallest absolute Gasteiger partial charge is 0.258 e. The predicted octanol–water partition coefficient (Wildman–Crippen LogP) is 2.63. The molecule has 3 aromatic rings. The second-order valence-electron chi connectivity index (χ2n) is 7.00. The van der Waals surface area contributed by atoms with Crippen molar-refractivity contribution in [3.63, 3.8) is 0 Å². The van der Waals surface area contributed by atoms with Crippen molar-refractivity contribution in [2.45, 2.75) is 20.4 Å². The largest absolute Gasteiger partial charge is 0.369 e. The topological polar surface area (TPSA) is 40.9 Å². The van der Waals surface area contributed by atoms with Crippen LogP contribution in [-0.4, -0.2) is 40.5 Å². The maximum Gasteiger partial charge on any atom is 0.258 e. The Morgan fingerprint density at radius 1 is 0.962 bits per heavy atom. The molecule has 1 fully saturated rings. The fourth-order valence-electron chi connectivity index (χ4n) is 3.74. The Morgan fingerprint density at radius 2 is 1.73 bits per heavy atom. The monoisotopic (exact) mass is 348 g/mol. The van der Waals surface area contributed by atoms with Gasteiger partial charge in [0.15, 0.2) is 0 Å². The summed E-state index contributed by atoms with van der Waals surface area (Å²) in [6.45, 7) is 8.76. The third-order valence-electron chi connectivity index (χ3n) is 5.15. The SMILES string of the molecule is Cc1ccccc1N1CCN(Cc2cc(=O)n3c(C)cccc3n2)CC1. The molecule has 0 N–H and O–H groups in total. The minimum Gasteiger partial charge on any atom is -0.369 e. The van der Waals surface area contributed by atoms with Crippen LogP contribution in [0.5, 0.6) is 0 Å². The van der Waals surface area contributed by atoms with E-state index in [1.165, 1.54) is 11.3 Å². The molecule has 134 valence electrons. The van der Waals surface area contributed by atoms with Crippen LogP contribution < -0.4 is 10.5 Å². The van der Waals surface area contributed by atoms with Crippen LogP contribution in [0.3, 0.4) is 0 Å². The lowest BCUT2D eigenvalue weighted by Gasteiger charge is -2.36. The Balaban J connectivity index is 1.47. The Bertz CT molecular complexity index is 987. The minimum absolute atomic E-state index is 0.00152. The van der Waals surface area contributed by atoms with E-state index in [4.69, 9.17) is 0 Å². The first-order valence-corrected chi connectivity index (χ1v) is 9.13. The lowest BCUT2D eigenvalue weighted by molar-refractivity contribution is 0.247. The molecule has 2 aromatic heterocycles. The highest BCUT2D eigenvalue weighted by molar-refractivity contribution is 5.53. The molecule has 1 saturated heterocycles. The van der Waals surface area contributed by atoms with Crippen molar-refractivity contribution in [3.8, 4) is 0 Å². The van der Waals surface area contributed by atoms with E-state index in [-0.39, 0.29) is 5.56 Å². The number of hydrogen-bond donors (Lipinski definition) is 0. The van der Waals surface area contributed by atoms with E-state index in [2.05, 4.69) is 46.0 Å². The minimum atomic E-state index is 0.00152. The summed E-state index contributed by atoms with van der Waals surface area (Å²) >= 11 is 0. The van der Waals surface area contributed by atoms with Crippen molar-refractivity contribution >= 4 is 11.3 Å². The average molecular weight is 348 g/mol. The average Bonchev–Trinajstić information content (AvgIpc) is 2.63. The van der Waals surface area contributed by atoms with Crippen LogP contribution >= 0.6 is 0 Å². The zero-order chi connectivity index (χ0) is 18.1. The van der Waals surface area contributed by atoms with Crippen LogP contribution in [0.1, 0.15) is 17.0 Å². The van der Waals surface area contributed by atoms with Crippen LogP contribution in [0.2, 0.25) is 0 Å². The highest BCUT2D eigenvalue weighted by Crippen LogP contribution is 2.21. The fraction of sp³-hybridized carbons (Fsp3) is 0.333. The molecular weight excluding hydrogens is 324 g/mol. The molecule has 0 amide bonds. The number of hydrogen-bond acceptors (Lipinski definition) is 4. The van der Waals surface area contributed by atoms with Crippen molar-refractivity contribution < 1.29 is 0 Å². The molecule has 1 aliphatic rings. The van der Waals surface area contributed by atoms with Crippen LogP contribution in [-0.2, 0) is 6.54 Å². The quantitative estimate of drug-likeness (QED) is 0.730. The molecule has 1 aliphatic heterocycles. The van der Waals surface area contributed by atoms with E-state index in [0.717, 1.165) is 49.8 Å². The molecular formula is C21H24N4O. The molecule has 4 rings (SSSR count). The molecule has 0 spiro atoms. The van der Waals surface area contributed by atoms with Crippen LogP contribution in [0.4, 0.5) is 5.69 Å². The van der Waals surface area contributed by atoms with Gasteiger partial charge in [-0.05, 0) is 37.6 Å². The third kappa shape index (κ3) is 3.22. The number of aromatic nitrogens is 2. The lowest BCUT2D eigenvalue weighted by atomic mass is 10.1. The van der Waals surface area contributed by atoms with Gasteiger partial charge in [-0.3, -0.25) is 14.1 Å². The highest BCUT2D eigenvalue weighted by Gasteiger charge is 2.19. The summed E-state index contributed by atoms with van der Waals surface area (Å²) in [7, 11) is 0. The van der Waals surface area contributed by atoms with Gasteiger partial charge in [0.25, 0.3) is 5.56 Å². The number of rotatable bonds is 3. The van der Waals surface area contributed by atoms with Gasteiger partial charge in [0, 0.05) is 50.2 Å². The summed E-state index contributed by atoms with van der Waals surface area (Å²) < 4.78 is 1.67. The molecule has 5 heteroatoms. The van der Waals surface area contributed by atoms with Crippen molar-refractivity contribution in [2.75, 3.05) is 31.1 Å². The van der Waals surface area contributed by atoms with Gasteiger partial charge in [0.1, 0.15) is 5.65 Å². The molecule has 3 heterocycles. The third-order valence-corrected chi connectivity index (χ3v) is 5.15. The highest BCUT2D eigenvalue weighted by atomic mass is 16.1. The first-order chi connectivity index (χ1) is 12.6. The number of pyridine rings is 1. The number of para-hydroxylation sites is 1. The number of piperazine rings is 1. The number of nitrogens with zero attached hydrogens (tertiary/aromatic N) is 4.